The molecule has 0 spiro atoms. The van der Waals surface area contributed by atoms with Crippen LogP contribution in [0.2, 0.25) is 0 Å². The summed E-state index contributed by atoms with van der Waals surface area (Å²) in [6.07, 6.45) is 4.31. The summed E-state index contributed by atoms with van der Waals surface area (Å²) in [5.74, 6) is 0.0876. The summed E-state index contributed by atoms with van der Waals surface area (Å²) in [6.45, 7) is 1.81. The molecule has 0 bridgehead atoms. The minimum absolute atomic E-state index is 0.0876. The molecule has 1 rings (SSSR count). The monoisotopic (exact) mass is 167 g/mol. The fraction of sp³-hybridized carbons (Fsp3) is 0.500. The van der Waals surface area contributed by atoms with Gasteiger partial charge < -0.3 is 10.7 Å². The quantitative estimate of drug-likeness (QED) is 0.675. The summed E-state index contributed by atoms with van der Waals surface area (Å²) in [5.41, 5.74) is 6.53. The number of imidazole rings is 1. The number of ketones is 1. The third-order valence-corrected chi connectivity index (χ3v) is 1.76. The summed E-state index contributed by atoms with van der Waals surface area (Å²) in [4.78, 5) is 17.8. The lowest BCUT2D eigenvalue weighted by Crippen LogP contribution is -2.32. The van der Waals surface area contributed by atoms with Gasteiger partial charge in [-0.25, -0.2) is 4.98 Å². The van der Waals surface area contributed by atoms with Crippen LogP contribution in [0.25, 0.3) is 0 Å². The maximum atomic E-state index is 11.1. The average molecular weight is 167 g/mol. The van der Waals surface area contributed by atoms with Crippen molar-refractivity contribution in [3.63, 3.8) is 0 Å². The van der Waals surface area contributed by atoms with Crippen molar-refractivity contribution in [3.05, 3.63) is 18.2 Å². The molecule has 0 radical (unpaired) electrons. The molecule has 0 aliphatic rings. The van der Waals surface area contributed by atoms with Crippen molar-refractivity contribution in [1.82, 2.24) is 9.97 Å². The van der Waals surface area contributed by atoms with Gasteiger partial charge in [-0.15, -0.1) is 0 Å². The third kappa shape index (κ3) is 2.17. The maximum absolute atomic E-state index is 11.1. The SMILES string of the molecule is CCC(=O)[C@@H](N)Cc1cnc[nH]1. The van der Waals surface area contributed by atoms with Crippen LogP contribution < -0.4 is 5.73 Å². The Balaban J connectivity index is 2.47. The number of aromatic amines is 1. The van der Waals surface area contributed by atoms with Gasteiger partial charge in [0, 0.05) is 24.7 Å². The zero-order chi connectivity index (χ0) is 8.97. The minimum atomic E-state index is -0.393. The van der Waals surface area contributed by atoms with E-state index in [9.17, 15) is 4.79 Å². The average Bonchev–Trinajstić information content (AvgIpc) is 2.55. The Morgan fingerprint density at radius 2 is 2.58 bits per heavy atom. The fourth-order valence-corrected chi connectivity index (χ4v) is 1.01. The van der Waals surface area contributed by atoms with Crippen molar-refractivity contribution in [2.45, 2.75) is 25.8 Å². The molecule has 1 aromatic heterocycles. The summed E-state index contributed by atoms with van der Waals surface area (Å²) < 4.78 is 0. The number of H-pyrrole nitrogens is 1. The molecule has 4 nitrogen and oxygen atoms in total. The van der Waals surface area contributed by atoms with E-state index in [-0.39, 0.29) is 5.78 Å². The predicted molar refractivity (Wildman–Crippen MR) is 45.6 cm³/mol. The Labute approximate surface area is 71.2 Å². The van der Waals surface area contributed by atoms with E-state index in [1.165, 1.54) is 0 Å². The van der Waals surface area contributed by atoms with Crippen LogP contribution in [0.4, 0.5) is 0 Å². The van der Waals surface area contributed by atoms with Crippen LogP contribution in [0.15, 0.2) is 12.5 Å². The molecule has 0 saturated carbocycles. The van der Waals surface area contributed by atoms with Gasteiger partial charge in [-0.3, -0.25) is 4.79 Å². The lowest BCUT2D eigenvalue weighted by Gasteiger charge is -2.06. The number of aromatic nitrogens is 2. The van der Waals surface area contributed by atoms with Crippen molar-refractivity contribution in [3.8, 4) is 0 Å². The number of rotatable bonds is 4. The van der Waals surface area contributed by atoms with Gasteiger partial charge >= 0.3 is 0 Å². The highest BCUT2D eigenvalue weighted by molar-refractivity contribution is 5.83. The van der Waals surface area contributed by atoms with Gasteiger partial charge in [0.2, 0.25) is 0 Å². The number of carbonyl (C=O) groups is 1. The number of nitrogens with two attached hydrogens (primary N) is 1. The first-order valence-electron chi connectivity index (χ1n) is 3.99. The number of hydrogen-bond acceptors (Lipinski definition) is 3. The fourth-order valence-electron chi connectivity index (χ4n) is 1.01. The zero-order valence-corrected chi connectivity index (χ0v) is 7.08. The topological polar surface area (TPSA) is 71.8 Å². The van der Waals surface area contributed by atoms with Crippen molar-refractivity contribution in [2.24, 2.45) is 5.73 Å². The number of Topliss-reactive ketones (excluding diaryl/α,β-unsaturated/α-hetero) is 1. The van der Waals surface area contributed by atoms with Crippen LogP contribution in [0.1, 0.15) is 19.0 Å². The second-order valence-corrected chi connectivity index (χ2v) is 2.71. The van der Waals surface area contributed by atoms with Crippen molar-refractivity contribution < 1.29 is 4.79 Å². The van der Waals surface area contributed by atoms with Crippen LogP contribution in [0.3, 0.4) is 0 Å². The molecule has 1 atom stereocenters. The zero-order valence-electron chi connectivity index (χ0n) is 7.08. The molecule has 1 heterocycles. The first-order valence-corrected chi connectivity index (χ1v) is 3.99. The lowest BCUT2D eigenvalue weighted by molar-refractivity contribution is -0.119. The number of hydrogen-bond donors (Lipinski definition) is 2. The molecule has 0 saturated heterocycles. The van der Waals surface area contributed by atoms with Crippen LogP contribution in [0, 0.1) is 0 Å². The highest BCUT2D eigenvalue weighted by Crippen LogP contribution is 1.98. The maximum Gasteiger partial charge on any atom is 0.149 e. The Hall–Kier alpha value is -1.16. The first-order chi connectivity index (χ1) is 5.74. The molecule has 0 aliphatic heterocycles. The van der Waals surface area contributed by atoms with E-state index in [2.05, 4.69) is 9.97 Å². The van der Waals surface area contributed by atoms with Gasteiger partial charge in [0.25, 0.3) is 0 Å². The van der Waals surface area contributed by atoms with Gasteiger partial charge in [0.15, 0.2) is 0 Å². The molecule has 0 amide bonds. The van der Waals surface area contributed by atoms with E-state index in [1.54, 1.807) is 12.5 Å². The molecule has 66 valence electrons. The molecule has 0 fully saturated rings. The standard InChI is InChI=1S/C8H13N3O/c1-2-8(12)7(9)3-6-4-10-5-11-6/h4-5,7H,2-3,9H2,1H3,(H,10,11)/t7-/m0/s1. The largest absolute Gasteiger partial charge is 0.348 e. The Kier molecular flexibility index (Phi) is 2.99. The van der Waals surface area contributed by atoms with Crippen molar-refractivity contribution in [2.75, 3.05) is 0 Å². The lowest BCUT2D eigenvalue weighted by atomic mass is 10.1. The second kappa shape index (κ2) is 4.01. The molecule has 4 heteroatoms. The van der Waals surface area contributed by atoms with Gasteiger partial charge in [-0.1, -0.05) is 6.92 Å². The minimum Gasteiger partial charge on any atom is -0.348 e. The molecule has 0 aliphatic carbocycles. The molecular formula is C8H13N3O. The van der Waals surface area contributed by atoms with Gasteiger partial charge in [0.05, 0.1) is 12.4 Å². The van der Waals surface area contributed by atoms with E-state index in [0.717, 1.165) is 5.69 Å². The molecule has 0 aromatic carbocycles. The highest BCUT2D eigenvalue weighted by Gasteiger charge is 2.11. The molecule has 3 N–H and O–H groups in total. The number of nitrogens with one attached hydrogen (secondary N) is 1. The Bertz CT molecular complexity index is 243. The van der Waals surface area contributed by atoms with Gasteiger partial charge in [0.1, 0.15) is 5.78 Å². The van der Waals surface area contributed by atoms with Crippen LogP contribution in [-0.2, 0) is 11.2 Å². The van der Waals surface area contributed by atoms with Crippen molar-refractivity contribution in [1.29, 1.82) is 0 Å². The summed E-state index contributed by atoms with van der Waals surface area (Å²) in [7, 11) is 0. The van der Waals surface area contributed by atoms with E-state index >= 15 is 0 Å². The molecule has 12 heavy (non-hydrogen) atoms. The van der Waals surface area contributed by atoms with Crippen molar-refractivity contribution >= 4 is 5.78 Å². The molecule has 0 unspecified atom stereocenters. The summed E-state index contributed by atoms with van der Waals surface area (Å²) >= 11 is 0. The third-order valence-electron chi connectivity index (χ3n) is 1.76. The molecule has 1 aromatic rings. The number of nitrogens with zero attached hydrogens (tertiary/aromatic N) is 1. The van der Waals surface area contributed by atoms with E-state index in [0.29, 0.717) is 12.8 Å². The van der Waals surface area contributed by atoms with E-state index in [1.807, 2.05) is 6.92 Å². The highest BCUT2D eigenvalue weighted by atomic mass is 16.1. The van der Waals surface area contributed by atoms with Gasteiger partial charge in [-0.2, -0.15) is 0 Å². The van der Waals surface area contributed by atoms with Gasteiger partial charge in [-0.05, 0) is 0 Å². The Morgan fingerprint density at radius 1 is 1.83 bits per heavy atom. The second-order valence-electron chi connectivity index (χ2n) is 2.71. The first kappa shape index (κ1) is 8.93. The van der Waals surface area contributed by atoms with E-state index < -0.39 is 6.04 Å². The predicted octanol–water partition coefficient (Wildman–Crippen LogP) is 0.259. The number of carbonyl (C=O) groups excluding carboxylic acids is 1. The van der Waals surface area contributed by atoms with Crippen LogP contribution in [-0.4, -0.2) is 21.8 Å². The molecular weight excluding hydrogens is 154 g/mol. The van der Waals surface area contributed by atoms with Crippen LogP contribution >= 0.6 is 0 Å². The summed E-state index contributed by atoms with van der Waals surface area (Å²) in [6, 6.07) is -0.393. The van der Waals surface area contributed by atoms with E-state index in [4.69, 9.17) is 5.73 Å². The Morgan fingerprint density at radius 3 is 3.08 bits per heavy atom. The normalized spacial score (nSPS) is 12.8. The smallest absolute Gasteiger partial charge is 0.149 e. The van der Waals surface area contributed by atoms with Crippen LogP contribution in [0.5, 0.6) is 0 Å². The summed E-state index contributed by atoms with van der Waals surface area (Å²) in [5, 5.41) is 0.